The van der Waals surface area contributed by atoms with Crippen molar-refractivity contribution in [3.63, 3.8) is 0 Å². The van der Waals surface area contributed by atoms with E-state index in [9.17, 15) is 13.2 Å². The van der Waals surface area contributed by atoms with Crippen LogP contribution in [0.4, 0.5) is 19.0 Å². The maximum atomic E-state index is 13.2. The summed E-state index contributed by atoms with van der Waals surface area (Å²) in [6, 6.07) is 15.5. The molecular weight excluding hydrogens is 430 g/mol. The predicted octanol–water partition coefficient (Wildman–Crippen LogP) is 3.92. The van der Waals surface area contributed by atoms with Crippen molar-refractivity contribution in [3.05, 3.63) is 71.2 Å². The van der Waals surface area contributed by atoms with Gasteiger partial charge in [0.1, 0.15) is 11.6 Å². The molecule has 2 N–H and O–H groups in total. The molecule has 2 aromatic heterocycles. The van der Waals surface area contributed by atoms with Crippen molar-refractivity contribution in [1.82, 2.24) is 30.6 Å². The van der Waals surface area contributed by atoms with Crippen LogP contribution in [-0.2, 0) is 12.7 Å². The van der Waals surface area contributed by atoms with Crippen LogP contribution in [0.3, 0.4) is 0 Å². The van der Waals surface area contributed by atoms with Gasteiger partial charge in [0.15, 0.2) is 11.5 Å². The predicted molar refractivity (Wildman–Crippen MR) is 116 cm³/mol. The van der Waals surface area contributed by atoms with Gasteiger partial charge >= 0.3 is 35.7 Å². The number of halogens is 3. The molecule has 7 nitrogen and oxygen atoms in total. The first kappa shape index (κ1) is 23.8. The van der Waals surface area contributed by atoms with Crippen LogP contribution in [0.15, 0.2) is 48.5 Å². The monoisotopic (exact) mass is 449 g/mol. The zero-order valence-corrected chi connectivity index (χ0v) is 16.7. The van der Waals surface area contributed by atoms with Crippen molar-refractivity contribution >= 4 is 35.4 Å². The molecule has 4 rings (SSSR count). The molecule has 11 heteroatoms. The number of aromatic amines is 1. The van der Waals surface area contributed by atoms with Gasteiger partial charge in [-0.1, -0.05) is 42.5 Å². The third-order valence-corrected chi connectivity index (χ3v) is 4.76. The number of tetrazole rings is 1. The van der Waals surface area contributed by atoms with Gasteiger partial charge in [-0.3, -0.25) is 0 Å². The Bertz CT molecular complexity index is 1200. The molecule has 32 heavy (non-hydrogen) atoms. The van der Waals surface area contributed by atoms with Crippen LogP contribution in [0.1, 0.15) is 22.6 Å². The Morgan fingerprint density at radius 2 is 1.72 bits per heavy atom. The second-order valence-electron chi connectivity index (χ2n) is 6.94. The van der Waals surface area contributed by atoms with Crippen molar-refractivity contribution < 1.29 is 13.2 Å². The van der Waals surface area contributed by atoms with Crippen molar-refractivity contribution in [1.29, 1.82) is 0 Å². The Balaban J connectivity index is 0.00000289. The van der Waals surface area contributed by atoms with Crippen molar-refractivity contribution in [3.8, 4) is 22.5 Å². The fraction of sp³-hybridized carbons (Fsp3) is 0.190. The fourth-order valence-corrected chi connectivity index (χ4v) is 3.30. The minimum atomic E-state index is -4.54. The summed E-state index contributed by atoms with van der Waals surface area (Å²) in [4.78, 5) is 7.69. The number of benzene rings is 2. The van der Waals surface area contributed by atoms with Crippen LogP contribution in [0.5, 0.6) is 0 Å². The van der Waals surface area contributed by atoms with Crippen LogP contribution >= 0.6 is 0 Å². The summed E-state index contributed by atoms with van der Waals surface area (Å²) in [6.07, 6.45) is -4.54. The molecule has 0 bridgehead atoms. The van der Waals surface area contributed by atoms with E-state index in [4.69, 9.17) is 0 Å². The average Bonchev–Trinajstić information content (AvgIpc) is 3.28. The van der Waals surface area contributed by atoms with Gasteiger partial charge in [0.2, 0.25) is 0 Å². The number of hydrogen-bond acceptors (Lipinski definition) is 6. The van der Waals surface area contributed by atoms with Gasteiger partial charge in [-0.2, -0.15) is 13.2 Å². The van der Waals surface area contributed by atoms with E-state index in [0.717, 1.165) is 22.3 Å². The quantitative estimate of drug-likeness (QED) is 0.449. The number of aromatic nitrogens is 6. The molecule has 0 unspecified atom stereocenters. The van der Waals surface area contributed by atoms with Gasteiger partial charge < -0.3 is 5.32 Å². The number of alkyl halides is 3. The van der Waals surface area contributed by atoms with Crippen LogP contribution in [0, 0.1) is 13.8 Å². The molecule has 0 amide bonds. The first-order valence-electron chi connectivity index (χ1n) is 9.41. The third-order valence-electron chi connectivity index (χ3n) is 4.76. The molecule has 0 fully saturated rings. The van der Waals surface area contributed by atoms with E-state index in [1.165, 1.54) is 13.8 Å². The number of aryl methyl sites for hydroxylation is 1. The average molecular weight is 449 g/mol. The molecule has 0 radical (unpaired) electrons. The van der Waals surface area contributed by atoms with Gasteiger partial charge in [0.05, 0.1) is 0 Å². The Hall–Kier alpha value is -2.82. The molecule has 0 aliphatic rings. The molecule has 4 aromatic rings. The Morgan fingerprint density at radius 1 is 0.969 bits per heavy atom. The molecular formula is C21H19F3N7Na. The normalized spacial score (nSPS) is 11.2. The topological polar surface area (TPSA) is 92.3 Å². The molecule has 0 saturated heterocycles. The second kappa shape index (κ2) is 9.76. The van der Waals surface area contributed by atoms with E-state index in [1.54, 1.807) is 0 Å². The zero-order valence-electron chi connectivity index (χ0n) is 16.7. The number of H-pyrrole nitrogens is 1. The standard InChI is InChI=1S/C21H18F3N7.Na.H/c1-12-18(21(22,23)24)26-13(2)27-19(12)25-11-14-8-9-16(15-6-4-3-5-7-15)17(10-14)20-28-30-31-29-20;;/h3-10H,11H2,1-2H3,(H,25,26,27)(H,28,29,30,31);;. The van der Waals surface area contributed by atoms with Gasteiger partial charge in [0, 0.05) is 17.7 Å². The van der Waals surface area contributed by atoms with Crippen LogP contribution < -0.4 is 5.32 Å². The summed E-state index contributed by atoms with van der Waals surface area (Å²) < 4.78 is 39.7. The van der Waals surface area contributed by atoms with Gasteiger partial charge in [-0.15, -0.1) is 5.10 Å². The summed E-state index contributed by atoms with van der Waals surface area (Å²) in [5.74, 6) is 0.692. The van der Waals surface area contributed by atoms with Crippen molar-refractivity contribution in [2.45, 2.75) is 26.6 Å². The number of nitrogens with one attached hydrogen (secondary N) is 2. The molecule has 0 atom stereocenters. The van der Waals surface area contributed by atoms with E-state index >= 15 is 0 Å². The number of anilines is 1. The van der Waals surface area contributed by atoms with E-state index in [2.05, 4.69) is 35.9 Å². The first-order chi connectivity index (χ1) is 14.8. The first-order valence-corrected chi connectivity index (χ1v) is 9.41. The summed E-state index contributed by atoms with van der Waals surface area (Å²) >= 11 is 0. The fourth-order valence-electron chi connectivity index (χ4n) is 3.30. The van der Waals surface area contributed by atoms with Gasteiger partial charge in [-0.05, 0) is 47.0 Å². The molecule has 2 heterocycles. The zero-order chi connectivity index (χ0) is 22.0. The third kappa shape index (κ3) is 5.14. The number of nitrogens with zero attached hydrogens (tertiary/aromatic N) is 5. The van der Waals surface area contributed by atoms with Crippen LogP contribution in [0.25, 0.3) is 22.5 Å². The van der Waals surface area contributed by atoms with Crippen molar-refractivity contribution in [2.24, 2.45) is 0 Å². The number of hydrogen-bond donors (Lipinski definition) is 2. The summed E-state index contributed by atoms with van der Waals surface area (Å²) in [7, 11) is 0. The van der Waals surface area contributed by atoms with Crippen molar-refractivity contribution in [2.75, 3.05) is 5.32 Å². The molecule has 160 valence electrons. The Labute approximate surface area is 204 Å². The Morgan fingerprint density at radius 3 is 2.38 bits per heavy atom. The number of rotatable bonds is 5. The van der Waals surface area contributed by atoms with Crippen LogP contribution in [-0.4, -0.2) is 60.1 Å². The van der Waals surface area contributed by atoms with Gasteiger partial charge in [0.25, 0.3) is 0 Å². The summed E-state index contributed by atoms with van der Waals surface area (Å²) in [6.45, 7) is 3.05. The van der Waals surface area contributed by atoms with E-state index in [0.29, 0.717) is 5.82 Å². The van der Waals surface area contributed by atoms with Gasteiger partial charge in [-0.25, -0.2) is 15.1 Å². The minimum absolute atomic E-state index is 0. The van der Waals surface area contributed by atoms with E-state index in [1.807, 2.05) is 48.5 Å². The summed E-state index contributed by atoms with van der Waals surface area (Å²) in [5.41, 5.74) is 2.55. The molecule has 0 saturated carbocycles. The molecule has 2 aromatic carbocycles. The second-order valence-corrected chi connectivity index (χ2v) is 6.94. The maximum absolute atomic E-state index is 13.2. The summed E-state index contributed by atoms with van der Waals surface area (Å²) in [5, 5.41) is 17.1. The van der Waals surface area contributed by atoms with E-state index < -0.39 is 11.9 Å². The van der Waals surface area contributed by atoms with Crippen LogP contribution in [0.2, 0.25) is 0 Å². The molecule has 0 spiro atoms. The Kier molecular flexibility index (Phi) is 7.27. The SMILES string of the molecule is Cc1nc(NCc2ccc(-c3ccccc3)c(-c3nnn[nH]3)c2)c(C)c(C(F)(F)F)n1.[NaH]. The molecule has 0 aliphatic carbocycles. The van der Waals surface area contributed by atoms with E-state index in [-0.39, 0.29) is 53.3 Å². The molecule has 0 aliphatic heterocycles.